The van der Waals surface area contributed by atoms with Crippen LogP contribution in [0.1, 0.15) is 26.3 Å². The molecule has 0 fully saturated rings. The van der Waals surface area contributed by atoms with Crippen molar-refractivity contribution in [3.63, 3.8) is 0 Å². The zero-order valence-electron chi connectivity index (χ0n) is 19.5. The van der Waals surface area contributed by atoms with Crippen molar-refractivity contribution in [1.29, 1.82) is 0 Å². The third-order valence-corrected chi connectivity index (χ3v) is 6.74. The first kappa shape index (κ1) is 24.9. The second kappa shape index (κ2) is 9.27. The van der Waals surface area contributed by atoms with Crippen molar-refractivity contribution < 1.29 is 22.8 Å². The number of hydrogen-bond acceptors (Lipinski definition) is 6. The van der Waals surface area contributed by atoms with E-state index in [1.54, 1.807) is 24.3 Å². The normalized spacial score (nSPS) is 11.6. The summed E-state index contributed by atoms with van der Waals surface area (Å²) in [4.78, 5) is 41.2. The molecule has 0 radical (unpaired) electrons. The summed E-state index contributed by atoms with van der Waals surface area (Å²) in [5.41, 5.74) is 5.20. The largest absolute Gasteiger partial charge is 0.416 e. The monoisotopic (exact) mass is 538 g/mol. The van der Waals surface area contributed by atoms with E-state index in [1.807, 2.05) is 0 Å². The van der Waals surface area contributed by atoms with E-state index < -0.39 is 23.6 Å². The van der Waals surface area contributed by atoms with Crippen LogP contribution in [-0.4, -0.2) is 31.1 Å². The number of anilines is 1. The van der Waals surface area contributed by atoms with E-state index in [-0.39, 0.29) is 32.7 Å². The fourth-order valence-corrected chi connectivity index (χ4v) is 4.80. The highest BCUT2D eigenvalue weighted by Crippen LogP contribution is 2.38. The van der Waals surface area contributed by atoms with E-state index in [2.05, 4.69) is 15.4 Å². The molecule has 0 saturated heterocycles. The SMILES string of the molecule is Cn1ncn(-c2ccc(-c3nc4c(C(=O)Nc5cccc(C(N)=O)c5)cc(C(F)(F)F)cc4s3)cc2)c1=O. The molecule has 0 aliphatic heterocycles. The Morgan fingerprint density at radius 2 is 1.79 bits per heavy atom. The molecule has 9 nitrogen and oxygen atoms in total. The number of benzene rings is 3. The molecular formula is C25H17F3N6O3S. The van der Waals surface area contributed by atoms with E-state index in [0.29, 0.717) is 16.3 Å². The smallest absolute Gasteiger partial charge is 0.366 e. The van der Waals surface area contributed by atoms with E-state index in [1.165, 1.54) is 46.9 Å². The van der Waals surface area contributed by atoms with Gasteiger partial charge in [-0.15, -0.1) is 11.3 Å². The third-order valence-electron chi connectivity index (χ3n) is 5.69. The average molecular weight is 539 g/mol. The lowest BCUT2D eigenvalue weighted by molar-refractivity contribution is -0.137. The zero-order valence-corrected chi connectivity index (χ0v) is 20.3. The highest BCUT2D eigenvalue weighted by molar-refractivity contribution is 7.21. The number of primary amides is 1. The van der Waals surface area contributed by atoms with Gasteiger partial charge in [-0.25, -0.2) is 19.0 Å². The summed E-state index contributed by atoms with van der Waals surface area (Å²) in [7, 11) is 1.52. The number of carbonyl (C=O) groups is 2. The van der Waals surface area contributed by atoms with Crippen LogP contribution in [-0.2, 0) is 13.2 Å². The molecule has 13 heteroatoms. The van der Waals surface area contributed by atoms with Crippen molar-refractivity contribution in [2.75, 3.05) is 5.32 Å². The minimum Gasteiger partial charge on any atom is -0.366 e. The molecule has 0 atom stereocenters. The van der Waals surface area contributed by atoms with Crippen molar-refractivity contribution in [2.24, 2.45) is 12.8 Å². The van der Waals surface area contributed by atoms with E-state index in [4.69, 9.17) is 5.73 Å². The Morgan fingerprint density at radius 1 is 1.05 bits per heavy atom. The Labute approximate surface area is 216 Å². The summed E-state index contributed by atoms with van der Waals surface area (Å²) >= 11 is 0.997. The first-order valence-electron chi connectivity index (χ1n) is 11.0. The number of nitrogens with one attached hydrogen (secondary N) is 1. The van der Waals surface area contributed by atoms with Crippen LogP contribution >= 0.6 is 11.3 Å². The number of fused-ring (bicyclic) bond motifs is 1. The van der Waals surface area contributed by atoms with Crippen molar-refractivity contribution in [3.05, 3.63) is 94.2 Å². The molecule has 2 heterocycles. The van der Waals surface area contributed by atoms with Crippen LogP contribution < -0.4 is 16.7 Å². The minimum absolute atomic E-state index is 0.0918. The summed E-state index contributed by atoms with van der Waals surface area (Å²) in [5.74, 6) is -1.54. The number of alkyl halides is 3. The van der Waals surface area contributed by atoms with Crippen molar-refractivity contribution in [3.8, 4) is 16.3 Å². The topological polar surface area (TPSA) is 125 Å². The summed E-state index contributed by atoms with van der Waals surface area (Å²) in [5, 5.41) is 6.80. The number of nitrogens with zero attached hydrogens (tertiary/aromatic N) is 4. The maximum atomic E-state index is 13.7. The molecule has 0 aliphatic rings. The van der Waals surface area contributed by atoms with Crippen LogP contribution in [0.2, 0.25) is 0 Å². The predicted molar refractivity (Wildman–Crippen MR) is 135 cm³/mol. The van der Waals surface area contributed by atoms with Crippen molar-refractivity contribution in [2.45, 2.75) is 6.18 Å². The number of amides is 2. The van der Waals surface area contributed by atoms with Gasteiger partial charge >= 0.3 is 11.9 Å². The lowest BCUT2D eigenvalue weighted by atomic mass is 10.1. The van der Waals surface area contributed by atoms with E-state index in [9.17, 15) is 27.6 Å². The molecule has 0 saturated carbocycles. The number of thiazole rings is 1. The van der Waals surface area contributed by atoms with Gasteiger partial charge in [0.1, 0.15) is 11.3 Å². The van der Waals surface area contributed by atoms with Gasteiger partial charge in [-0.1, -0.05) is 6.07 Å². The van der Waals surface area contributed by atoms with Crippen LogP contribution in [0.3, 0.4) is 0 Å². The number of nitrogens with two attached hydrogens (primary N) is 1. The van der Waals surface area contributed by atoms with Crippen LogP contribution in [0.25, 0.3) is 26.5 Å². The van der Waals surface area contributed by atoms with Gasteiger partial charge in [0.25, 0.3) is 5.91 Å². The van der Waals surface area contributed by atoms with Gasteiger partial charge in [0.05, 0.1) is 27.0 Å². The van der Waals surface area contributed by atoms with Gasteiger partial charge in [0, 0.05) is 23.9 Å². The lowest BCUT2D eigenvalue weighted by Crippen LogP contribution is -2.21. The van der Waals surface area contributed by atoms with Crippen LogP contribution in [0.4, 0.5) is 18.9 Å². The second-order valence-electron chi connectivity index (χ2n) is 8.24. The molecule has 0 unspecified atom stereocenters. The Bertz CT molecular complexity index is 1770. The summed E-state index contributed by atoms with van der Waals surface area (Å²) in [6, 6.07) is 14.1. The Morgan fingerprint density at radius 3 is 2.42 bits per heavy atom. The molecule has 5 aromatic rings. The van der Waals surface area contributed by atoms with Crippen molar-refractivity contribution >= 4 is 39.1 Å². The number of rotatable bonds is 5. The molecule has 2 aromatic heterocycles. The second-order valence-corrected chi connectivity index (χ2v) is 9.27. The fourth-order valence-electron chi connectivity index (χ4n) is 3.76. The van der Waals surface area contributed by atoms with Crippen LogP contribution in [0, 0.1) is 0 Å². The Kier molecular flexibility index (Phi) is 6.07. The number of aromatic nitrogens is 4. The lowest BCUT2D eigenvalue weighted by Gasteiger charge is -2.11. The fraction of sp³-hybridized carbons (Fsp3) is 0.0800. The van der Waals surface area contributed by atoms with Gasteiger partial charge in [-0.3, -0.25) is 9.59 Å². The quantitative estimate of drug-likeness (QED) is 0.347. The van der Waals surface area contributed by atoms with Gasteiger partial charge in [0.15, 0.2) is 0 Å². The average Bonchev–Trinajstić information content (AvgIpc) is 3.46. The van der Waals surface area contributed by atoms with Gasteiger partial charge < -0.3 is 11.1 Å². The van der Waals surface area contributed by atoms with Gasteiger partial charge in [-0.2, -0.15) is 18.3 Å². The van der Waals surface area contributed by atoms with Crippen molar-refractivity contribution in [1.82, 2.24) is 19.3 Å². The molecular weight excluding hydrogens is 521 g/mol. The number of hydrogen-bond donors (Lipinski definition) is 2. The predicted octanol–water partition coefficient (Wildman–Crippen LogP) is 4.22. The molecule has 3 aromatic carbocycles. The van der Waals surface area contributed by atoms with Gasteiger partial charge in [-0.05, 0) is 54.6 Å². The summed E-state index contributed by atoms with van der Waals surface area (Å²) in [6.45, 7) is 0. The first-order valence-corrected chi connectivity index (χ1v) is 11.8. The number of carbonyl (C=O) groups excluding carboxylic acids is 2. The summed E-state index contributed by atoms with van der Waals surface area (Å²) in [6.07, 6.45) is -3.32. The van der Waals surface area contributed by atoms with Crippen LogP contribution in [0.5, 0.6) is 0 Å². The first-order chi connectivity index (χ1) is 18.0. The van der Waals surface area contributed by atoms with E-state index >= 15 is 0 Å². The molecule has 5 rings (SSSR count). The molecule has 0 aliphatic carbocycles. The zero-order chi connectivity index (χ0) is 27.2. The minimum atomic E-state index is -4.70. The van der Waals surface area contributed by atoms with Crippen LogP contribution in [0.15, 0.2) is 71.8 Å². The van der Waals surface area contributed by atoms with E-state index in [0.717, 1.165) is 23.5 Å². The molecule has 0 bridgehead atoms. The Balaban J connectivity index is 1.55. The van der Waals surface area contributed by atoms with Gasteiger partial charge in [0.2, 0.25) is 5.91 Å². The molecule has 2 amide bonds. The third kappa shape index (κ3) is 4.66. The number of halogens is 3. The highest BCUT2D eigenvalue weighted by Gasteiger charge is 2.33. The summed E-state index contributed by atoms with van der Waals surface area (Å²) < 4.78 is 43.7. The molecule has 192 valence electrons. The maximum absolute atomic E-state index is 13.7. The number of aryl methyl sites for hydroxylation is 1. The standard InChI is InChI=1S/C25H17F3N6O3S/c1-33-24(37)34(12-30-33)17-7-5-13(6-8-17)23-32-20-18(10-15(25(26,27)28)11-19(20)38-23)22(36)31-16-4-2-3-14(9-16)21(29)35/h2-12H,1H3,(H2,29,35)(H,31,36). The Hall–Kier alpha value is -4.78. The molecule has 38 heavy (non-hydrogen) atoms. The highest BCUT2D eigenvalue weighted by atomic mass is 32.1. The molecule has 3 N–H and O–H groups in total. The maximum Gasteiger partial charge on any atom is 0.416 e. The molecule has 0 spiro atoms.